The van der Waals surface area contributed by atoms with Crippen molar-refractivity contribution in [3.63, 3.8) is 0 Å². The molecular formula is C13H28N3O2P. The van der Waals surface area contributed by atoms with E-state index in [4.69, 9.17) is 20.0 Å². The Kier molecular flexibility index (Phi) is 11.4. The highest BCUT2D eigenvalue weighted by Crippen LogP contribution is 2.45. The summed E-state index contributed by atoms with van der Waals surface area (Å²) in [5.74, 6) is 0. The molecule has 0 bridgehead atoms. The maximum absolute atomic E-state index is 8.59. The summed E-state index contributed by atoms with van der Waals surface area (Å²) >= 11 is 0. The van der Waals surface area contributed by atoms with E-state index in [-0.39, 0.29) is 0 Å². The number of nitriles is 1. The van der Waals surface area contributed by atoms with Gasteiger partial charge in [0.2, 0.25) is 0 Å². The van der Waals surface area contributed by atoms with Gasteiger partial charge in [-0.2, -0.15) is 5.26 Å². The fourth-order valence-electron chi connectivity index (χ4n) is 1.70. The highest BCUT2D eigenvalue weighted by Gasteiger charge is 2.26. The van der Waals surface area contributed by atoms with E-state index in [2.05, 4.69) is 38.4 Å². The van der Waals surface area contributed by atoms with Gasteiger partial charge in [-0.3, -0.25) is 0 Å². The minimum Gasteiger partial charge on any atom is -0.330 e. The molecule has 0 fully saturated rings. The van der Waals surface area contributed by atoms with Gasteiger partial charge in [-0.15, -0.1) is 0 Å². The summed E-state index contributed by atoms with van der Waals surface area (Å²) in [4.78, 5) is 0. The van der Waals surface area contributed by atoms with E-state index in [0.717, 1.165) is 12.8 Å². The van der Waals surface area contributed by atoms with Gasteiger partial charge in [0.15, 0.2) is 0 Å². The number of nitrogens with two attached hydrogens (primary N) is 1. The van der Waals surface area contributed by atoms with Crippen LogP contribution in [0.5, 0.6) is 0 Å². The van der Waals surface area contributed by atoms with Gasteiger partial charge in [0.25, 0.3) is 8.53 Å². The molecule has 0 aliphatic heterocycles. The normalized spacial score (nSPS) is 13.2. The first-order chi connectivity index (χ1) is 9.04. The van der Waals surface area contributed by atoms with Crippen molar-refractivity contribution in [3.05, 3.63) is 0 Å². The van der Waals surface area contributed by atoms with Gasteiger partial charge in [-0.1, -0.05) is 0 Å². The van der Waals surface area contributed by atoms with Crippen LogP contribution in [0.15, 0.2) is 0 Å². The maximum atomic E-state index is 8.59. The summed E-state index contributed by atoms with van der Waals surface area (Å²) in [6.45, 7) is 10.3. The monoisotopic (exact) mass is 289 g/mol. The van der Waals surface area contributed by atoms with Crippen molar-refractivity contribution in [2.45, 2.75) is 59.0 Å². The molecule has 0 spiro atoms. The number of unbranched alkanes of at least 4 members (excludes halogenated alkanes) is 1. The quantitative estimate of drug-likeness (QED) is 0.467. The van der Waals surface area contributed by atoms with E-state index >= 15 is 0 Å². The zero-order valence-electron chi connectivity index (χ0n) is 12.6. The van der Waals surface area contributed by atoms with E-state index < -0.39 is 8.53 Å². The van der Waals surface area contributed by atoms with Crippen LogP contribution in [0.25, 0.3) is 0 Å². The molecular weight excluding hydrogens is 261 g/mol. The standard InChI is InChI=1S/C13H28N3O2P/c1-12(2)16(13(3)4)19(18-11-7-9-15)17-10-6-5-8-14/h12-13H,5-8,10-11,14H2,1-4H3. The molecule has 0 amide bonds. The van der Waals surface area contributed by atoms with Crippen LogP contribution in [-0.4, -0.2) is 36.5 Å². The molecule has 1 atom stereocenters. The third kappa shape index (κ3) is 8.52. The van der Waals surface area contributed by atoms with Crippen molar-refractivity contribution < 1.29 is 9.05 Å². The molecule has 19 heavy (non-hydrogen) atoms. The highest BCUT2D eigenvalue weighted by molar-refractivity contribution is 7.44. The Labute approximate surface area is 119 Å². The van der Waals surface area contributed by atoms with Gasteiger partial charge in [0.1, 0.15) is 0 Å². The molecule has 0 aromatic heterocycles. The summed E-state index contributed by atoms with van der Waals surface area (Å²) in [5, 5.41) is 8.59. The predicted octanol–water partition coefficient (Wildman–Crippen LogP) is 3.02. The second-order valence-electron chi connectivity index (χ2n) is 4.88. The lowest BCUT2D eigenvalue weighted by Gasteiger charge is -2.35. The average Bonchev–Trinajstić information content (AvgIpc) is 2.33. The van der Waals surface area contributed by atoms with Crippen molar-refractivity contribution >= 4 is 8.53 Å². The Morgan fingerprint density at radius 1 is 1.11 bits per heavy atom. The zero-order chi connectivity index (χ0) is 14.7. The van der Waals surface area contributed by atoms with E-state index in [0.29, 0.717) is 38.3 Å². The van der Waals surface area contributed by atoms with Gasteiger partial charge in [0, 0.05) is 12.1 Å². The Balaban J connectivity index is 4.40. The molecule has 6 heteroatoms. The number of rotatable bonds is 11. The molecule has 0 saturated heterocycles. The van der Waals surface area contributed by atoms with E-state index in [1.807, 2.05) is 0 Å². The van der Waals surface area contributed by atoms with Crippen LogP contribution in [0.1, 0.15) is 47.0 Å². The fourth-order valence-corrected chi connectivity index (χ4v) is 3.33. The third-order valence-corrected chi connectivity index (χ3v) is 4.57. The SMILES string of the molecule is CC(C)N(C(C)C)P(OCCC#N)OCCCCN. The average molecular weight is 289 g/mol. The minimum atomic E-state index is -1.09. The van der Waals surface area contributed by atoms with Crippen molar-refractivity contribution in [3.8, 4) is 6.07 Å². The molecule has 0 aliphatic rings. The molecule has 112 valence electrons. The highest BCUT2D eigenvalue weighted by atomic mass is 31.2. The molecule has 0 saturated carbocycles. The van der Waals surface area contributed by atoms with Gasteiger partial charge in [-0.25, -0.2) is 4.67 Å². The lowest BCUT2D eigenvalue weighted by atomic mass is 10.3. The lowest BCUT2D eigenvalue weighted by Crippen LogP contribution is -2.33. The summed E-state index contributed by atoms with van der Waals surface area (Å²) in [6, 6.07) is 2.79. The summed E-state index contributed by atoms with van der Waals surface area (Å²) in [5.41, 5.74) is 5.47. The molecule has 0 heterocycles. The van der Waals surface area contributed by atoms with Crippen LogP contribution in [0.3, 0.4) is 0 Å². The van der Waals surface area contributed by atoms with Crippen LogP contribution in [0, 0.1) is 11.3 Å². The summed E-state index contributed by atoms with van der Waals surface area (Å²) in [6.07, 6.45) is 2.31. The van der Waals surface area contributed by atoms with Gasteiger partial charge in [-0.05, 0) is 47.1 Å². The van der Waals surface area contributed by atoms with Gasteiger partial charge in [0.05, 0.1) is 25.7 Å². The second kappa shape index (κ2) is 11.6. The second-order valence-corrected chi connectivity index (χ2v) is 6.33. The third-order valence-electron chi connectivity index (χ3n) is 2.46. The Morgan fingerprint density at radius 3 is 2.16 bits per heavy atom. The van der Waals surface area contributed by atoms with Gasteiger partial charge >= 0.3 is 0 Å². The molecule has 5 nitrogen and oxygen atoms in total. The Morgan fingerprint density at radius 2 is 1.68 bits per heavy atom. The van der Waals surface area contributed by atoms with E-state index in [1.54, 1.807) is 0 Å². The molecule has 0 aromatic rings. The molecule has 0 radical (unpaired) electrons. The molecule has 0 aromatic carbocycles. The first-order valence-electron chi connectivity index (χ1n) is 6.95. The first kappa shape index (κ1) is 18.8. The fraction of sp³-hybridized carbons (Fsp3) is 0.923. The van der Waals surface area contributed by atoms with Crippen LogP contribution in [0.4, 0.5) is 0 Å². The van der Waals surface area contributed by atoms with Crippen LogP contribution >= 0.6 is 8.53 Å². The molecule has 0 rings (SSSR count). The van der Waals surface area contributed by atoms with Crippen molar-refractivity contribution in [1.82, 2.24) is 4.67 Å². The number of nitrogens with zero attached hydrogens (tertiary/aromatic N) is 2. The smallest absolute Gasteiger partial charge is 0.259 e. The van der Waals surface area contributed by atoms with E-state index in [1.165, 1.54) is 0 Å². The Bertz CT molecular complexity index is 249. The van der Waals surface area contributed by atoms with Gasteiger partial charge < -0.3 is 14.8 Å². The maximum Gasteiger partial charge on any atom is 0.259 e. The molecule has 1 unspecified atom stereocenters. The van der Waals surface area contributed by atoms with Crippen LogP contribution in [0.2, 0.25) is 0 Å². The van der Waals surface area contributed by atoms with Crippen molar-refractivity contribution in [1.29, 1.82) is 5.26 Å². The first-order valence-corrected chi connectivity index (χ1v) is 8.08. The molecule has 0 aliphatic carbocycles. The molecule has 2 N–H and O–H groups in total. The zero-order valence-corrected chi connectivity index (χ0v) is 13.5. The predicted molar refractivity (Wildman–Crippen MR) is 79.5 cm³/mol. The van der Waals surface area contributed by atoms with E-state index in [9.17, 15) is 0 Å². The lowest BCUT2D eigenvalue weighted by molar-refractivity contribution is 0.175. The Hall–Kier alpha value is -0.240. The number of hydrogen-bond acceptors (Lipinski definition) is 5. The van der Waals surface area contributed by atoms with Crippen molar-refractivity contribution in [2.75, 3.05) is 19.8 Å². The van der Waals surface area contributed by atoms with Crippen LogP contribution in [-0.2, 0) is 9.05 Å². The van der Waals surface area contributed by atoms with Crippen LogP contribution < -0.4 is 5.73 Å². The topological polar surface area (TPSA) is 71.5 Å². The largest absolute Gasteiger partial charge is 0.330 e. The summed E-state index contributed by atoms with van der Waals surface area (Å²) < 4.78 is 13.9. The minimum absolute atomic E-state index is 0.350. The number of hydrogen-bond donors (Lipinski definition) is 1. The van der Waals surface area contributed by atoms with Crippen molar-refractivity contribution in [2.24, 2.45) is 5.73 Å². The summed E-state index contributed by atoms with van der Waals surface area (Å²) in [7, 11) is -1.09.